The summed E-state index contributed by atoms with van der Waals surface area (Å²) in [5, 5.41) is 12.4. The second kappa shape index (κ2) is 9.00. The molecule has 3 rings (SSSR count). The van der Waals surface area contributed by atoms with Crippen LogP contribution < -0.4 is 15.1 Å². The van der Waals surface area contributed by atoms with Crippen molar-refractivity contribution >= 4 is 29.1 Å². The highest BCUT2D eigenvalue weighted by Crippen LogP contribution is 2.21. The van der Waals surface area contributed by atoms with Crippen molar-refractivity contribution in [3.8, 4) is 0 Å². The molecule has 0 bridgehead atoms. The first kappa shape index (κ1) is 18.7. The maximum atomic E-state index is 6.10. The maximum absolute atomic E-state index is 6.10. The van der Waals surface area contributed by atoms with E-state index in [-0.39, 0.29) is 0 Å². The highest BCUT2D eigenvalue weighted by atomic mass is 35.5. The molecule has 0 saturated carbocycles. The van der Waals surface area contributed by atoms with Gasteiger partial charge in [-0.1, -0.05) is 17.7 Å². The van der Waals surface area contributed by atoms with Crippen molar-refractivity contribution in [1.29, 1.82) is 0 Å². The third-order valence-corrected chi connectivity index (χ3v) is 4.61. The lowest BCUT2D eigenvalue weighted by Gasteiger charge is -2.36. The first-order chi connectivity index (χ1) is 12.6. The van der Waals surface area contributed by atoms with E-state index in [2.05, 4.69) is 55.4 Å². The zero-order valence-electron chi connectivity index (χ0n) is 15.4. The van der Waals surface area contributed by atoms with Crippen LogP contribution in [0.5, 0.6) is 0 Å². The molecular weight excluding hydrogens is 350 g/mol. The lowest BCUT2D eigenvalue weighted by Crippen LogP contribution is -2.47. The Labute approximate surface area is 160 Å². The quantitative estimate of drug-likeness (QED) is 0.744. The first-order valence-corrected chi connectivity index (χ1v) is 9.33. The Kier molecular flexibility index (Phi) is 6.46. The summed E-state index contributed by atoms with van der Waals surface area (Å²) in [4.78, 5) is 11.3. The summed E-state index contributed by atoms with van der Waals surface area (Å²) >= 11 is 6.10. The van der Waals surface area contributed by atoms with Crippen molar-refractivity contribution in [2.75, 3.05) is 68.5 Å². The predicted octanol–water partition coefficient (Wildman–Crippen LogP) is 2.22. The Bertz CT molecular complexity index is 701. The number of nitrogens with one attached hydrogen (secondary N) is 1. The molecule has 0 unspecified atom stereocenters. The van der Waals surface area contributed by atoms with Gasteiger partial charge in [0, 0.05) is 43.4 Å². The normalized spacial score (nSPS) is 14.8. The van der Waals surface area contributed by atoms with Gasteiger partial charge in [-0.25, -0.2) is 0 Å². The smallest absolute Gasteiger partial charge is 0.247 e. The molecule has 0 amide bonds. The number of piperazine rings is 1. The number of benzene rings is 1. The molecule has 1 aliphatic heterocycles. The van der Waals surface area contributed by atoms with Crippen LogP contribution >= 0.6 is 11.6 Å². The lowest BCUT2D eigenvalue weighted by atomic mass is 10.2. The number of nitrogens with zero attached hydrogens (tertiary/aromatic N) is 6. The number of hydrogen-bond acceptors (Lipinski definition) is 7. The van der Waals surface area contributed by atoms with Crippen LogP contribution in [0.1, 0.15) is 6.42 Å². The van der Waals surface area contributed by atoms with E-state index in [0.717, 1.165) is 62.2 Å². The largest absolute Gasteiger partial charge is 0.369 e. The Morgan fingerprint density at radius 2 is 1.92 bits per heavy atom. The summed E-state index contributed by atoms with van der Waals surface area (Å²) in [5.41, 5.74) is 1.16. The van der Waals surface area contributed by atoms with Crippen LogP contribution in [0.2, 0.25) is 5.02 Å². The van der Waals surface area contributed by atoms with Crippen LogP contribution in [0, 0.1) is 0 Å². The van der Waals surface area contributed by atoms with E-state index in [4.69, 9.17) is 11.6 Å². The average Bonchev–Trinajstić information content (AvgIpc) is 2.65. The van der Waals surface area contributed by atoms with Crippen LogP contribution in [0.4, 0.5) is 17.5 Å². The summed E-state index contributed by atoms with van der Waals surface area (Å²) in [5.74, 6) is 1.47. The fraction of sp³-hybridized carbons (Fsp3) is 0.500. The van der Waals surface area contributed by atoms with Gasteiger partial charge in [0.25, 0.3) is 0 Å². The van der Waals surface area contributed by atoms with Gasteiger partial charge in [0.05, 0.1) is 6.20 Å². The third kappa shape index (κ3) is 5.19. The Balaban J connectivity index is 1.53. The van der Waals surface area contributed by atoms with E-state index in [0.29, 0.717) is 5.95 Å². The molecular formula is C18H26ClN7. The minimum atomic E-state index is 0.688. The number of rotatable bonds is 7. The summed E-state index contributed by atoms with van der Waals surface area (Å²) < 4.78 is 0. The zero-order valence-corrected chi connectivity index (χ0v) is 16.2. The second-order valence-corrected chi connectivity index (χ2v) is 7.12. The molecule has 7 nitrogen and oxygen atoms in total. The molecule has 0 radical (unpaired) electrons. The van der Waals surface area contributed by atoms with E-state index in [1.54, 1.807) is 6.20 Å². The van der Waals surface area contributed by atoms with E-state index < -0.39 is 0 Å². The molecule has 0 spiro atoms. The highest BCUT2D eigenvalue weighted by molar-refractivity contribution is 6.30. The van der Waals surface area contributed by atoms with E-state index in [1.807, 2.05) is 18.2 Å². The molecule has 8 heteroatoms. The van der Waals surface area contributed by atoms with E-state index in [9.17, 15) is 0 Å². The van der Waals surface area contributed by atoms with Gasteiger partial charge in [-0.15, -0.1) is 5.10 Å². The Hall–Kier alpha value is -2.12. The Morgan fingerprint density at radius 1 is 1.15 bits per heavy atom. The molecule has 2 heterocycles. The number of hydrogen-bond donors (Lipinski definition) is 1. The zero-order chi connectivity index (χ0) is 18.4. The minimum absolute atomic E-state index is 0.688. The van der Waals surface area contributed by atoms with Crippen LogP contribution in [-0.2, 0) is 0 Å². The van der Waals surface area contributed by atoms with Gasteiger partial charge in [-0.2, -0.15) is 10.1 Å². The monoisotopic (exact) mass is 375 g/mol. The predicted molar refractivity (Wildman–Crippen MR) is 107 cm³/mol. The number of halogens is 1. The molecule has 0 atom stereocenters. The SMILES string of the molecule is CN(C)CCCNc1cnnc(N2CCN(c3cccc(Cl)c3)CC2)n1. The summed E-state index contributed by atoms with van der Waals surface area (Å²) in [7, 11) is 4.15. The maximum Gasteiger partial charge on any atom is 0.247 e. The van der Waals surface area contributed by atoms with Crippen LogP contribution in [0.3, 0.4) is 0 Å². The number of aromatic nitrogens is 3. The van der Waals surface area contributed by atoms with Gasteiger partial charge in [-0.3, -0.25) is 0 Å². The van der Waals surface area contributed by atoms with Gasteiger partial charge in [0.15, 0.2) is 5.82 Å². The van der Waals surface area contributed by atoms with Gasteiger partial charge in [0.1, 0.15) is 0 Å². The van der Waals surface area contributed by atoms with Crippen molar-refractivity contribution in [2.24, 2.45) is 0 Å². The molecule has 1 fully saturated rings. The first-order valence-electron chi connectivity index (χ1n) is 8.95. The summed E-state index contributed by atoms with van der Waals surface area (Å²) in [6, 6.07) is 7.99. The fourth-order valence-corrected chi connectivity index (χ4v) is 3.15. The summed E-state index contributed by atoms with van der Waals surface area (Å²) in [6.07, 6.45) is 2.74. The minimum Gasteiger partial charge on any atom is -0.369 e. The van der Waals surface area contributed by atoms with Gasteiger partial charge < -0.3 is 20.0 Å². The molecule has 1 aliphatic rings. The molecule has 1 aromatic heterocycles. The molecule has 0 aliphatic carbocycles. The van der Waals surface area contributed by atoms with Crippen molar-refractivity contribution < 1.29 is 0 Å². The van der Waals surface area contributed by atoms with E-state index >= 15 is 0 Å². The van der Waals surface area contributed by atoms with E-state index in [1.165, 1.54) is 0 Å². The summed E-state index contributed by atoms with van der Waals surface area (Å²) in [6.45, 7) is 5.45. The van der Waals surface area contributed by atoms with Crippen molar-refractivity contribution in [2.45, 2.75) is 6.42 Å². The van der Waals surface area contributed by atoms with Gasteiger partial charge in [0.2, 0.25) is 5.95 Å². The topological polar surface area (TPSA) is 60.4 Å². The third-order valence-electron chi connectivity index (χ3n) is 4.37. The van der Waals surface area contributed by atoms with Gasteiger partial charge >= 0.3 is 0 Å². The fourth-order valence-electron chi connectivity index (χ4n) is 2.96. The van der Waals surface area contributed by atoms with Crippen LogP contribution in [0.25, 0.3) is 0 Å². The van der Waals surface area contributed by atoms with Crippen molar-refractivity contribution in [1.82, 2.24) is 20.1 Å². The second-order valence-electron chi connectivity index (χ2n) is 6.68. The van der Waals surface area contributed by atoms with Crippen molar-refractivity contribution in [3.63, 3.8) is 0 Å². The molecule has 1 saturated heterocycles. The standard InChI is InChI=1S/C18H26ClN7/c1-24(2)8-4-7-20-17-14-21-23-18(22-17)26-11-9-25(10-12-26)16-6-3-5-15(19)13-16/h3,5-6,13-14H,4,7-12H2,1-2H3,(H,20,22,23). The molecule has 1 N–H and O–H groups in total. The Morgan fingerprint density at radius 3 is 2.65 bits per heavy atom. The molecule has 1 aromatic carbocycles. The molecule has 140 valence electrons. The average molecular weight is 376 g/mol. The molecule has 2 aromatic rings. The molecule has 26 heavy (non-hydrogen) atoms. The number of anilines is 3. The van der Waals surface area contributed by atoms with Gasteiger partial charge in [-0.05, 0) is 45.3 Å². The van der Waals surface area contributed by atoms with Crippen LogP contribution in [0.15, 0.2) is 30.5 Å². The van der Waals surface area contributed by atoms with Crippen LogP contribution in [-0.4, -0.2) is 73.4 Å². The van der Waals surface area contributed by atoms with Crippen molar-refractivity contribution in [3.05, 3.63) is 35.5 Å². The highest BCUT2D eigenvalue weighted by Gasteiger charge is 2.20. The lowest BCUT2D eigenvalue weighted by molar-refractivity contribution is 0.405.